The van der Waals surface area contributed by atoms with E-state index in [1.807, 2.05) is 24.3 Å². The number of methoxy groups -OCH3 is 1. The number of nitro groups is 1. The highest BCUT2D eigenvalue weighted by molar-refractivity contribution is 7.99. The Morgan fingerprint density at radius 3 is 2.51 bits per heavy atom. The number of rotatable bonds is 11. The Labute approximate surface area is 210 Å². The fourth-order valence-electron chi connectivity index (χ4n) is 4.17. The van der Waals surface area contributed by atoms with Crippen LogP contribution in [0.3, 0.4) is 0 Å². The number of ether oxygens (including phenoxy) is 1. The first kappa shape index (κ1) is 26.5. The van der Waals surface area contributed by atoms with Crippen LogP contribution in [0.5, 0.6) is 5.75 Å². The van der Waals surface area contributed by atoms with Gasteiger partial charge in [0.05, 0.1) is 17.8 Å². The van der Waals surface area contributed by atoms with Crippen molar-refractivity contribution in [3.05, 3.63) is 69.8 Å². The largest absolute Gasteiger partial charge is 0.497 e. The number of nitrogens with one attached hydrogen (secondary N) is 1. The summed E-state index contributed by atoms with van der Waals surface area (Å²) < 4.78 is 5.31. The number of nitro benzene ring substituents is 1. The molecule has 3 rings (SSSR count). The third-order valence-electron chi connectivity index (χ3n) is 6.25. The number of benzene rings is 2. The average Bonchev–Trinajstić information content (AvgIpc) is 2.87. The Morgan fingerprint density at radius 1 is 1.14 bits per heavy atom. The highest BCUT2D eigenvalue weighted by Crippen LogP contribution is 2.21. The maximum absolute atomic E-state index is 13.3. The Morgan fingerprint density at radius 2 is 1.86 bits per heavy atom. The second-order valence-corrected chi connectivity index (χ2v) is 9.79. The van der Waals surface area contributed by atoms with Gasteiger partial charge in [0.2, 0.25) is 11.8 Å². The smallest absolute Gasteiger partial charge is 0.269 e. The summed E-state index contributed by atoms with van der Waals surface area (Å²) >= 11 is 1.42. The minimum absolute atomic E-state index is 0.0390. The van der Waals surface area contributed by atoms with Crippen LogP contribution in [0.2, 0.25) is 0 Å². The SMILES string of the molecule is COc1cccc(CN(C(=O)CSCc2ccc([N+](=O)[O-])cc2)C(C)C(=O)NC2CCCCC2)c1. The second kappa shape index (κ2) is 13.1. The standard InChI is InChI=1S/C26H33N3O5S/c1-19(26(31)27-22-8-4-3-5-9-22)28(16-21-7-6-10-24(15-21)34-2)25(30)18-35-17-20-11-13-23(14-12-20)29(32)33/h6-7,10-15,19,22H,3-5,8-9,16-18H2,1-2H3,(H,27,31). The Balaban J connectivity index is 1.66. The lowest BCUT2D eigenvalue weighted by Gasteiger charge is -2.31. The maximum Gasteiger partial charge on any atom is 0.269 e. The highest BCUT2D eigenvalue weighted by Gasteiger charge is 2.28. The number of hydrogen-bond donors (Lipinski definition) is 1. The van der Waals surface area contributed by atoms with Crippen LogP contribution in [0.4, 0.5) is 5.69 Å². The Kier molecular flexibility index (Phi) is 9.96. The minimum atomic E-state index is -0.615. The molecule has 35 heavy (non-hydrogen) atoms. The third-order valence-corrected chi connectivity index (χ3v) is 7.24. The summed E-state index contributed by atoms with van der Waals surface area (Å²) in [6.07, 6.45) is 5.39. The summed E-state index contributed by atoms with van der Waals surface area (Å²) in [5.41, 5.74) is 1.82. The van der Waals surface area contributed by atoms with E-state index in [0.29, 0.717) is 18.0 Å². The Bertz CT molecular complexity index is 1010. The van der Waals surface area contributed by atoms with Crippen LogP contribution in [0.15, 0.2) is 48.5 Å². The first-order chi connectivity index (χ1) is 16.9. The zero-order valence-corrected chi connectivity index (χ0v) is 21.1. The molecule has 1 atom stereocenters. The molecule has 188 valence electrons. The quantitative estimate of drug-likeness (QED) is 0.355. The predicted molar refractivity (Wildman–Crippen MR) is 137 cm³/mol. The molecule has 2 aromatic rings. The molecular formula is C26H33N3O5S. The van der Waals surface area contributed by atoms with Crippen LogP contribution in [0.1, 0.15) is 50.2 Å². The lowest BCUT2D eigenvalue weighted by molar-refractivity contribution is -0.384. The lowest BCUT2D eigenvalue weighted by Crippen LogP contribution is -2.50. The van der Waals surface area contributed by atoms with Gasteiger partial charge in [-0.15, -0.1) is 11.8 Å². The summed E-state index contributed by atoms with van der Waals surface area (Å²) in [4.78, 5) is 38.4. The molecule has 1 saturated carbocycles. The first-order valence-corrected chi connectivity index (χ1v) is 13.1. The predicted octanol–water partition coefficient (Wildman–Crippen LogP) is 4.70. The zero-order chi connectivity index (χ0) is 25.2. The summed E-state index contributed by atoms with van der Waals surface area (Å²) in [5, 5.41) is 14.0. The van der Waals surface area contributed by atoms with E-state index in [9.17, 15) is 19.7 Å². The van der Waals surface area contributed by atoms with E-state index in [2.05, 4.69) is 5.32 Å². The van der Waals surface area contributed by atoms with E-state index in [-0.39, 0.29) is 29.3 Å². The lowest BCUT2D eigenvalue weighted by atomic mass is 9.95. The topological polar surface area (TPSA) is 102 Å². The summed E-state index contributed by atoms with van der Waals surface area (Å²) in [6.45, 7) is 2.07. The van der Waals surface area contributed by atoms with E-state index in [1.54, 1.807) is 31.1 Å². The molecule has 1 unspecified atom stereocenters. The minimum Gasteiger partial charge on any atom is -0.497 e. The molecule has 1 fully saturated rings. The average molecular weight is 500 g/mol. The van der Waals surface area contributed by atoms with Gasteiger partial charge in [-0.1, -0.05) is 43.5 Å². The zero-order valence-electron chi connectivity index (χ0n) is 20.3. The summed E-state index contributed by atoms with van der Waals surface area (Å²) in [5.74, 6) is 1.17. The van der Waals surface area contributed by atoms with Crippen molar-refractivity contribution in [3.8, 4) is 5.75 Å². The van der Waals surface area contributed by atoms with Crippen molar-refractivity contribution in [1.29, 1.82) is 0 Å². The van der Waals surface area contributed by atoms with Crippen molar-refractivity contribution in [1.82, 2.24) is 10.2 Å². The normalized spacial score (nSPS) is 14.7. The molecule has 0 heterocycles. The molecule has 8 nitrogen and oxygen atoms in total. The molecule has 0 aromatic heterocycles. The third kappa shape index (κ3) is 7.99. The number of nitrogens with zero attached hydrogens (tertiary/aromatic N) is 2. The van der Waals surface area contributed by atoms with Crippen LogP contribution < -0.4 is 10.1 Å². The van der Waals surface area contributed by atoms with E-state index >= 15 is 0 Å². The van der Waals surface area contributed by atoms with Crippen molar-refractivity contribution in [3.63, 3.8) is 0 Å². The van der Waals surface area contributed by atoms with Gasteiger partial charge in [0.15, 0.2) is 0 Å². The van der Waals surface area contributed by atoms with Crippen LogP contribution in [0, 0.1) is 10.1 Å². The number of amides is 2. The van der Waals surface area contributed by atoms with Crippen molar-refractivity contribution in [2.75, 3.05) is 12.9 Å². The van der Waals surface area contributed by atoms with Gasteiger partial charge in [0.25, 0.3) is 5.69 Å². The van der Waals surface area contributed by atoms with Crippen LogP contribution in [0.25, 0.3) is 0 Å². The number of carbonyl (C=O) groups excluding carboxylic acids is 2. The first-order valence-electron chi connectivity index (χ1n) is 11.9. The number of hydrogen-bond acceptors (Lipinski definition) is 6. The van der Waals surface area contributed by atoms with Crippen molar-refractivity contribution < 1.29 is 19.2 Å². The van der Waals surface area contributed by atoms with E-state index in [4.69, 9.17) is 4.74 Å². The van der Waals surface area contributed by atoms with Gasteiger partial charge in [-0.3, -0.25) is 19.7 Å². The molecule has 0 saturated heterocycles. The van der Waals surface area contributed by atoms with Gasteiger partial charge in [0.1, 0.15) is 11.8 Å². The van der Waals surface area contributed by atoms with E-state index < -0.39 is 11.0 Å². The van der Waals surface area contributed by atoms with Gasteiger partial charge < -0.3 is 15.0 Å². The molecule has 0 spiro atoms. The van der Waals surface area contributed by atoms with Crippen molar-refractivity contribution in [2.24, 2.45) is 0 Å². The molecule has 2 aromatic carbocycles. The number of carbonyl (C=O) groups is 2. The fraction of sp³-hybridized carbons (Fsp3) is 0.462. The Hall–Kier alpha value is -3.07. The molecular weight excluding hydrogens is 466 g/mol. The monoisotopic (exact) mass is 499 g/mol. The summed E-state index contributed by atoms with van der Waals surface area (Å²) in [6, 6.07) is 13.4. The number of thioether (sulfide) groups is 1. The molecule has 1 aliphatic carbocycles. The molecule has 0 radical (unpaired) electrons. The van der Waals surface area contributed by atoms with E-state index in [0.717, 1.165) is 36.8 Å². The van der Waals surface area contributed by atoms with Gasteiger partial charge >= 0.3 is 0 Å². The van der Waals surface area contributed by atoms with Crippen molar-refractivity contribution in [2.45, 2.75) is 63.4 Å². The molecule has 0 aliphatic heterocycles. The van der Waals surface area contributed by atoms with Gasteiger partial charge in [-0.2, -0.15) is 0 Å². The van der Waals surface area contributed by atoms with Crippen molar-refractivity contribution >= 4 is 29.3 Å². The van der Waals surface area contributed by atoms with E-state index in [1.165, 1.54) is 30.3 Å². The van der Waals surface area contributed by atoms with Gasteiger partial charge in [0, 0.05) is 30.5 Å². The van der Waals surface area contributed by atoms with Crippen LogP contribution >= 0.6 is 11.8 Å². The molecule has 0 bridgehead atoms. The van der Waals surface area contributed by atoms with Crippen LogP contribution in [-0.4, -0.2) is 46.6 Å². The highest BCUT2D eigenvalue weighted by atomic mass is 32.2. The maximum atomic E-state index is 13.3. The number of non-ortho nitro benzene ring substituents is 1. The van der Waals surface area contributed by atoms with Gasteiger partial charge in [-0.05, 0) is 43.0 Å². The molecule has 1 aliphatic rings. The van der Waals surface area contributed by atoms with Gasteiger partial charge in [-0.25, -0.2) is 0 Å². The fourth-order valence-corrected chi connectivity index (χ4v) is 5.04. The molecule has 2 amide bonds. The summed E-state index contributed by atoms with van der Waals surface area (Å²) in [7, 11) is 1.59. The second-order valence-electron chi connectivity index (χ2n) is 8.81. The van der Waals surface area contributed by atoms with Crippen LogP contribution in [-0.2, 0) is 21.9 Å². The molecule has 1 N–H and O–H groups in total. The molecule has 9 heteroatoms.